The Bertz CT molecular complexity index is 961. The van der Waals surface area contributed by atoms with Gasteiger partial charge in [-0.2, -0.15) is 0 Å². The fraction of sp³-hybridized carbons (Fsp3) is 0.148. The van der Waals surface area contributed by atoms with Crippen molar-refractivity contribution in [1.29, 1.82) is 0 Å². The van der Waals surface area contributed by atoms with E-state index >= 15 is 0 Å². The molecule has 0 amide bonds. The lowest BCUT2D eigenvalue weighted by molar-refractivity contribution is -0.139. The number of carbonyl (C=O) groups excluding carboxylic acids is 1. The molecule has 0 spiro atoms. The monoisotopic (exact) mass is 382 g/mol. The maximum Gasteiger partial charge on any atom is 0.302 e. The van der Waals surface area contributed by atoms with E-state index < -0.39 is 0 Å². The molecule has 3 rings (SSSR count). The molecule has 0 saturated carbocycles. The molecule has 3 aromatic rings. The predicted molar refractivity (Wildman–Crippen MR) is 120 cm³/mol. The van der Waals surface area contributed by atoms with E-state index in [1.165, 1.54) is 18.1 Å². The van der Waals surface area contributed by atoms with Crippen LogP contribution < -0.4 is 0 Å². The average molecular weight is 383 g/mol. The van der Waals surface area contributed by atoms with Crippen LogP contribution in [0, 0.1) is 13.8 Å². The van der Waals surface area contributed by atoms with Crippen LogP contribution in [0.2, 0.25) is 0 Å². The molecule has 0 aliphatic heterocycles. The van der Waals surface area contributed by atoms with Crippen molar-refractivity contribution in [3.63, 3.8) is 0 Å². The molecule has 0 unspecified atom stereocenters. The Labute approximate surface area is 173 Å². The van der Waals surface area contributed by atoms with E-state index in [0.717, 1.165) is 27.8 Å². The number of hydrogen-bond acceptors (Lipinski definition) is 2. The Morgan fingerprint density at radius 2 is 1.31 bits per heavy atom. The summed E-state index contributed by atoms with van der Waals surface area (Å²) in [7, 11) is 0. The maximum atomic E-state index is 11.4. The van der Waals surface area contributed by atoms with Crippen LogP contribution in [-0.2, 0) is 9.53 Å². The lowest BCUT2D eigenvalue weighted by Gasteiger charge is -2.12. The van der Waals surface area contributed by atoms with Crippen molar-refractivity contribution in [2.24, 2.45) is 0 Å². The molecule has 0 heterocycles. The van der Waals surface area contributed by atoms with Crippen molar-refractivity contribution in [2.45, 2.75) is 20.8 Å². The third-order valence-electron chi connectivity index (χ3n) is 4.65. The molecule has 0 aliphatic rings. The Morgan fingerprint density at radius 1 is 0.793 bits per heavy atom. The molecule has 0 aromatic heterocycles. The molecule has 0 atom stereocenters. The van der Waals surface area contributed by atoms with E-state index in [1.807, 2.05) is 30.3 Å². The molecule has 29 heavy (non-hydrogen) atoms. The van der Waals surface area contributed by atoms with Crippen LogP contribution in [0.25, 0.3) is 11.6 Å². The van der Waals surface area contributed by atoms with Crippen LogP contribution in [0.4, 0.5) is 0 Å². The summed E-state index contributed by atoms with van der Waals surface area (Å²) < 4.78 is 5.34. The van der Waals surface area contributed by atoms with Gasteiger partial charge in [0.05, 0.1) is 0 Å². The van der Waals surface area contributed by atoms with Crippen LogP contribution in [0.1, 0.15) is 34.7 Å². The first kappa shape index (κ1) is 20.3. The van der Waals surface area contributed by atoms with Gasteiger partial charge in [0, 0.05) is 6.92 Å². The number of esters is 1. The number of carbonyl (C=O) groups is 1. The molecular weight excluding hydrogens is 356 g/mol. The van der Waals surface area contributed by atoms with Gasteiger partial charge in [0.2, 0.25) is 0 Å². The highest BCUT2D eigenvalue weighted by Crippen LogP contribution is 2.26. The van der Waals surface area contributed by atoms with Gasteiger partial charge in [-0.1, -0.05) is 90.0 Å². The average Bonchev–Trinajstić information content (AvgIpc) is 2.72. The fourth-order valence-corrected chi connectivity index (χ4v) is 3.06. The van der Waals surface area contributed by atoms with Gasteiger partial charge in [-0.3, -0.25) is 4.79 Å². The molecule has 2 heteroatoms. The van der Waals surface area contributed by atoms with Gasteiger partial charge in [0.25, 0.3) is 0 Å². The van der Waals surface area contributed by atoms with Crippen molar-refractivity contribution in [1.82, 2.24) is 0 Å². The zero-order valence-corrected chi connectivity index (χ0v) is 17.2. The van der Waals surface area contributed by atoms with Gasteiger partial charge in [0.15, 0.2) is 0 Å². The van der Waals surface area contributed by atoms with Gasteiger partial charge < -0.3 is 4.74 Å². The van der Waals surface area contributed by atoms with Crippen LogP contribution in [-0.4, -0.2) is 12.6 Å². The Hall–Kier alpha value is -3.39. The second-order valence-corrected chi connectivity index (χ2v) is 7.20. The highest BCUT2D eigenvalue weighted by Gasteiger charge is 2.08. The van der Waals surface area contributed by atoms with Gasteiger partial charge in [0.1, 0.15) is 6.61 Å². The van der Waals surface area contributed by atoms with Crippen molar-refractivity contribution in [3.05, 3.63) is 118 Å². The predicted octanol–water partition coefficient (Wildman–Crippen LogP) is 6.38. The largest absolute Gasteiger partial charge is 0.461 e. The van der Waals surface area contributed by atoms with E-state index in [0.29, 0.717) is 0 Å². The number of benzene rings is 3. The SMILES string of the molecule is CC(=O)OC/C(C=C(c1ccc(C)cc1)c1ccc(C)cc1)=C/c1ccccc1. The number of aryl methyl sites for hydroxylation is 2. The summed E-state index contributed by atoms with van der Waals surface area (Å²) in [6.45, 7) is 5.83. The summed E-state index contributed by atoms with van der Waals surface area (Å²) >= 11 is 0. The van der Waals surface area contributed by atoms with Crippen molar-refractivity contribution >= 4 is 17.6 Å². The molecule has 2 nitrogen and oxygen atoms in total. The molecule has 0 bridgehead atoms. The van der Waals surface area contributed by atoms with Crippen LogP contribution >= 0.6 is 0 Å². The molecule has 146 valence electrons. The van der Waals surface area contributed by atoms with Crippen LogP contribution in [0.5, 0.6) is 0 Å². The summed E-state index contributed by atoms with van der Waals surface area (Å²) in [4.78, 5) is 11.4. The minimum absolute atomic E-state index is 0.228. The quantitative estimate of drug-likeness (QED) is 0.365. The highest BCUT2D eigenvalue weighted by molar-refractivity contribution is 5.83. The van der Waals surface area contributed by atoms with Crippen LogP contribution in [0.15, 0.2) is 90.5 Å². The maximum absolute atomic E-state index is 11.4. The summed E-state index contributed by atoms with van der Waals surface area (Å²) in [5, 5.41) is 0. The van der Waals surface area contributed by atoms with Gasteiger partial charge in [-0.15, -0.1) is 0 Å². The summed E-state index contributed by atoms with van der Waals surface area (Å²) in [6.07, 6.45) is 4.18. The smallest absolute Gasteiger partial charge is 0.302 e. The van der Waals surface area contributed by atoms with E-state index in [9.17, 15) is 4.79 Å². The van der Waals surface area contributed by atoms with E-state index in [1.54, 1.807) is 0 Å². The number of ether oxygens (including phenoxy) is 1. The van der Waals surface area contributed by atoms with E-state index in [4.69, 9.17) is 4.74 Å². The highest BCUT2D eigenvalue weighted by atomic mass is 16.5. The van der Waals surface area contributed by atoms with Gasteiger partial charge in [-0.25, -0.2) is 0 Å². The zero-order valence-electron chi connectivity index (χ0n) is 17.2. The second-order valence-electron chi connectivity index (χ2n) is 7.20. The molecule has 0 aliphatic carbocycles. The number of rotatable bonds is 6. The second kappa shape index (κ2) is 9.70. The molecule has 0 fully saturated rings. The Morgan fingerprint density at radius 3 is 1.79 bits per heavy atom. The first-order valence-corrected chi connectivity index (χ1v) is 9.76. The first-order chi connectivity index (χ1) is 14.0. The molecule has 0 N–H and O–H groups in total. The Kier molecular flexibility index (Phi) is 6.80. The summed E-state index contributed by atoms with van der Waals surface area (Å²) in [5.41, 5.74) is 7.79. The molecule has 0 saturated heterocycles. The minimum Gasteiger partial charge on any atom is -0.461 e. The topological polar surface area (TPSA) is 26.3 Å². The third kappa shape index (κ3) is 6.05. The lowest BCUT2D eigenvalue weighted by atomic mass is 9.94. The van der Waals surface area contributed by atoms with Crippen molar-refractivity contribution in [3.8, 4) is 0 Å². The lowest BCUT2D eigenvalue weighted by Crippen LogP contribution is -2.03. The van der Waals surface area contributed by atoms with Crippen molar-refractivity contribution in [2.75, 3.05) is 6.61 Å². The van der Waals surface area contributed by atoms with E-state index in [-0.39, 0.29) is 12.6 Å². The Balaban J connectivity index is 2.10. The first-order valence-electron chi connectivity index (χ1n) is 9.76. The molecule has 0 radical (unpaired) electrons. The van der Waals surface area contributed by atoms with Gasteiger partial charge >= 0.3 is 5.97 Å². The standard InChI is InChI=1S/C27H26O2/c1-20-9-13-25(14-10-20)27(26-15-11-21(2)12-16-26)18-24(19-29-22(3)28)17-23-7-5-4-6-8-23/h4-18H,19H2,1-3H3/b24-17+. The van der Waals surface area contributed by atoms with Crippen molar-refractivity contribution < 1.29 is 9.53 Å². The third-order valence-corrected chi connectivity index (χ3v) is 4.65. The molecular formula is C27H26O2. The summed E-state index contributed by atoms with van der Waals surface area (Å²) in [5.74, 6) is -0.287. The summed E-state index contributed by atoms with van der Waals surface area (Å²) in [6, 6.07) is 27.1. The minimum atomic E-state index is -0.287. The zero-order chi connectivity index (χ0) is 20.6. The molecule has 3 aromatic carbocycles. The fourth-order valence-electron chi connectivity index (χ4n) is 3.06. The van der Waals surface area contributed by atoms with Crippen LogP contribution in [0.3, 0.4) is 0 Å². The normalized spacial score (nSPS) is 11.1. The van der Waals surface area contributed by atoms with E-state index in [2.05, 4.69) is 74.5 Å². The number of hydrogen-bond donors (Lipinski definition) is 0. The van der Waals surface area contributed by atoms with Gasteiger partial charge in [-0.05, 0) is 53.8 Å².